The summed E-state index contributed by atoms with van der Waals surface area (Å²) in [5.41, 5.74) is 0.864. The molecule has 4 heteroatoms. The van der Waals surface area contributed by atoms with Crippen molar-refractivity contribution in [3.63, 3.8) is 0 Å². The first-order valence-electron chi connectivity index (χ1n) is 8.12. The normalized spacial score (nSPS) is 40.2. The lowest BCUT2D eigenvalue weighted by Crippen LogP contribution is -2.44. The molecular weight excluding hydrogens is 250 g/mol. The van der Waals surface area contributed by atoms with Gasteiger partial charge in [-0.15, -0.1) is 0 Å². The van der Waals surface area contributed by atoms with Gasteiger partial charge in [-0.1, -0.05) is 0 Å². The molecule has 5 rings (SSSR count). The summed E-state index contributed by atoms with van der Waals surface area (Å²) in [6.07, 6.45) is 8.49. The van der Waals surface area contributed by atoms with Crippen LogP contribution in [0.5, 0.6) is 0 Å². The van der Waals surface area contributed by atoms with E-state index in [1.807, 2.05) is 13.2 Å². The van der Waals surface area contributed by atoms with Gasteiger partial charge in [0.05, 0.1) is 11.9 Å². The zero-order valence-corrected chi connectivity index (χ0v) is 12.2. The van der Waals surface area contributed by atoms with Crippen molar-refractivity contribution in [3.8, 4) is 0 Å². The van der Waals surface area contributed by atoms with Gasteiger partial charge in [0.2, 0.25) is 0 Å². The van der Waals surface area contributed by atoms with Crippen molar-refractivity contribution in [2.75, 3.05) is 13.6 Å². The monoisotopic (exact) mass is 275 g/mol. The summed E-state index contributed by atoms with van der Waals surface area (Å²) in [6.45, 7) is 0.573. The third-order valence-electron chi connectivity index (χ3n) is 5.91. The van der Waals surface area contributed by atoms with E-state index in [1.54, 1.807) is 0 Å². The van der Waals surface area contributed by atoms with Crippen LogP contribution in [-0.4, -0.2) is 28.7 Å². The Balaban J connectivity index is 1.56. The molecule has 110 valence electrons. The first-order valence-corrected chi connectivity index (χ1v) is 8.12. The van der Waals surface area contributed by atoms with Crippen LogP contribution in [-0.2, 0) is 0 Å². The zero-order valence-electron chi connectivity index (χ0n) is 12.2. The molecule has 4 nitrogen and oxygen atoms in total. The van der Waals surface area contributed by atoms with Crippen molar-refractivity contribution in [1.82, 2.24) is 15.3 Å². The SMILES string of the molecule is CNCC(O)c1cnc(C2C3CC4CC(C3)CC2C4)[nH]1. The summed E-state index contributed by atoms with van der Waals surface area (Å²) in [4.78, 5) is 8.05. The quantitative estimate of drug-likeness (QED) is 0.789. The van der Waals surface area contributed by atoms with Gasteiger partial charge < -0.3 is 15.4 Å². The summed E-state index contributed by atoms with van der Waals surface area (Å²) in [6, 6.07) is 0. The standard InChI is InChI=1S/C16H25N3O/c1-17-8-14(20)13-7-18-16(19-13)15-11-3-9-2-10(5-11)6-12(15)4-9/h7,9-12,14-15,17,20H,2-6,8H2,1H3,(H,18,19). The highest BCUT2D eigenvalue weighted by Crippen LogP contribution is 2.59. The third kappa shape index (κ3) is 2.01. The number of rotatable bonds is 4. The van der Waals surface area contributed by atoms with Crippen molar-refractivity contribution >= 4 is 0 Å². The third-order valence-corrected chi connectivity index (χ3v) is 5.91. The molecule has 4 saturated carbocycles. The predicted molar refractivity (Wildman–Crippen MR) is 77.3 cm³/mol. The van der Waals surface area contributed by atoms with Crippen LogP contribution in [0.25, 0.3) is 0 Å². The van der Waals surface area contributed by atoms with Crippen LogP contribution in [0.1, 0.15) is 55.6 Å². The highest BCUT2D eigenvalue weighted by Gasteiger charge is 2.49. The van der Waals surface area contributed by atoms with E-state index in [0.717, 1.165) is 35.2 Å². The summed E-state index contributed by atoms with van der Waals surface area (Å²) in [5.74, 6) is 5.44. The lowest BCUT2D eigenvalue weighted by Gasteiger charge is -2.53. The maximum Gasteiger partial charge on any atom is 0.109 e. The van der Waals surface area contributed by atoms with Gasteiger partial charge in [-0.2, -0.15) is 0 Å². The smallest absolute Gasteiger partial charge is 0.109 e. The maximum atomic E-state index is 10.1. The molecule has 1 aromatic heterocycles. The first-order chi connectivity index (χ1) is 9.74. The van der Waals surface area contributed by atoms with E-state index in [4.69, 9.17) is 0 Å². The van der Waals surface area contributed by atoms with Crippen molar-refractivity contribution in [2.24, 2.45) is 23.7 Å². The molecule has 4 aliphatic rings. The molecule has 0 aromatic carbocycles. The van der Waals surface area contributed by atoms with Gasteiger partial charge in [-0.05, 0) is 62.8 Å². The van der Waals surface area contributed by atoms with E-state index in [9.17, 15) is 5.11 Å². The number of H-pyrrole nitrogens is 1. The van der Waals surface area contributed by atoms with Gasteiger partial charge in [-0.3, -0.25) is 0 Å². The average molecular weight is 275 g/mol. The van der Waals surface area contributed by atoms with Crippen molar-refractivity contribution in [2.45, 2.75) is 44.1 Å². The second-order valence-corrected chi connectivity index (χ2v) is 7.25. The molecule has 1 heterocycles. The number of nitrogens with zero attached hydrogens (tertiary/aromatic N) is 1. The lowest BCUT2D eigenvalue weighted by atomic mass is 9.52. The maximum absolute atomic E-state index is 10.1. The number of hydrogen-bond donors (Lipinski definition) is 3. The van der Waals surface area contributed by atoms with Crippen molar-refractivity contribution in [3.05, 3.63) is 17.7 Å². The van der Waals surface area contributed by atoms with Crippen molar-refractivity contribution in [1.29, 1.82) is 0 Å². The van der Waals surface area contributed by atoms with Crippen molar-refractivity contribution < 1.29 is 5.11 Å². The van der Waals surface area contributed by atoms with E-state index >= 15 is 0 Å². The van der Waals surface area contributed by atoms with E-state index in [1.165, 1.54) is 32.1 Å². The van der Waals surface area contributed by atoms with Gasteiger partial charge in [0.1, 0.15) is 11.9 Å². The number of aromatic amines is 1. The molecule has 1 unspecified atom stereocenters. The molecule has 1 aromatic rings. The van der Waals surface area contributed by atoms with E-state index in [0.29, 0.717) is 12.5 Å². The Morgan fingerprint density at radius 2 is 1.90 bits per heavy atom. The molecule has 4 bridgehead atoms. The number of hydrogen-bond acceptors (Lipinski definition) is 3. The highest BCUT2D eigenvalue weighted by molar-refractivity contribution is 5.15. The van der Waals surface area contributed by atoms with Crippen LogP contribution in [0.3, 0.4) is 0 Å². The molecule has 0 radical (unpaired) electrons. The number of imidazole rings is 1. The van der Waals surface area contributed by atoms with Gasteiger partial charge >= 0.3 is 0 Å². The minimum Gasteiger partial charge on any atom is -0.385 e. The summed E-state index contributed by atoms with van der Waals surface area (Å²) in [5, 5.41) is 13.1. The van der Waals surface area contributed by atoms with Crippen LogP contribution in [0.2, 0.25) is 0 Å². The molecule has 1 atom stereocenters. The fraction of sp³-hybridized carbons (Fsp3) is 0.812. The second kappa shape index (κ2) is 4.85. The van der Waals surface area contributed by atoms with Crippen LogP contribution in [0.15, 0.2) is 6.20 Å². The highest BCUT2D eigenvalue weighted by atomic mass is 16.3. The molecule has 4 fully saturated rings. The second-order valence-electron chi connectivity index (χ2n) is 7.25. The summed E-state index contributed by atoms with van der Waals surface area (Å²) in [7, 11) is 1.86. The Morgan fingerprint density at radius 1 is 1.25 bits per heavy atom. The Bertz CT molecular complexity index is 456. The van der Waals surface area contributed by atoms with E-state index in [-0.39, 0.29) is 0 Å². The fourth-order valence-electron chi connectivity index (χ4n) is 5.37. The lowest BCUT2D eigenvalue weighted by molar-refractivity contribution is -0.00549. The summed E-state index contributed by atoms with van der Waals surface area (Å²) < 4.78 is 0. The Kier molecular flexibility index (Phi) is 3.11. The van der Waals surface area contributed by atoms with Crippen LogP contribution in [0.4, 0.5) is 0 Å². The van der Waals surface area contributed by atoms with Gasteiger partial charge in [0.15, 0.2) is 0 Å². The zero-order chi connectivity index (χ0) is 13.7. The predicted octanol–water partition coefficient (Wildman–Crippen LogP) is 2.20. The Hall–Kier alpha value is -0.870. The molecule has 20 heavy (non-hydrogen) atoms. The molecule has 3 N–H and O–H groups in total. The molecule has 0 aliphatic heterocycles. The van der Waals surface area contributed by atoms with E-state index in [2.05, 4.69) is 15.3 Å². The van der Waals surface area contributed by atoms with Crippen LogP contribution < -0.4 is 5.32 Å². The molecular formula is C16H25N3O. The molecule has 0 amide bonds. The Morgan fingerprint density at radius 3 is 2.50 bits per heavy atom. The topological polar surface area (TPSA) is 60.9 Å². The number of aromatic nitrogens is 2. The molecule has 0 saturated heterocycles. The first kappa shape index (κ1) is 12.8. The molecule has 0 spiro atoms. The van der Waals surface area contributed by atoms with Gasteiger partial charge in [0.25, 0.3) is 0 Å². The number of aliphatic hydroxyl groups excluding tert-OH is 1. The Labute approximate surface area is 120 Å². The number of aliphatic hydroxyl groups is 1. The largest absolute Gasteiger partial charge is 0.385 e. The molecule has 4 aliphatic carbocycles. The minimum absolute atomic E-state index is 0.474. The average Bonchev–Trinajstić information content (AvgIpc) is 2.87. The van der Waals surface area contributed by atoms with E-state index < -0.39 is 6.10 Å². The fourth-order valence-corrected chi connectivity index (χ4v) is 5.37. The minimum atomic E-state index is -0.474. The number of nitrogens with one attached hydrogen (secondary N) is 2. The van der Waals surface area contributed by atoms with Gasteiger partial charge in [-0.25, -0.2) is 4.98 Å². The van der Waals surface area contributed by atoms with Crippen LogP contribution in [0, 0.1) is 23.7 Å². The number of likely N-dealkylation sites (N-methyl/N-ethyl adjacent to an activating group) is 1. The van der Waals surface area contributed by atoms with Crippen LogP contribution >= 0.6 is 0 Å². The summed E-state index contributed by atoms with van der Waals surface area (Å²) >= 11 is 0. The van der Waals surface area contributed by atoms with Gasteiger partial charge in [0, 0.05) is 12.5 Å².